The van der Waals surface area contributed by atoms with E-state index in [9.17, 15) is 9.59 Å². The number of hydrogen-bond donors (Lipinski definition) is 4. The molecule has 0 spiro atoms. The molecule has 0 bridgehead atoms. The van der Waals surface area contributed by atoms with Gasteiger partial charge < -0.3 is 20.4 Å². The molecular weight excluding hydrogens is 210 g/mol. The number of aliphatic hydroxyl groups excluding tert-OH is 2. The maximum absolute atomic E-state index is 9.77. The van der Waals surface area contributed by atoms with Crippen LogP contribution in [0.1, 0.15) is 0 Å². The van der Waals surface area contributed by atoms with E-state index in [1.165, 1.54) is 0 Å². The minimum absolute atomic E-state index is 0. The molecule has 0 heterocycles. The first-order chi connectivity index (χ1) is 4.46. The summed E-state index contributed by atoms with van der Waals surface area (Å²) in [5, 5.41) is 32.5. The molecule has 8 heteroatoms. The molecule has 0 amide bonds. The van der Waals surface area contributed by atoms with Crippen LogP contribution in [0.15, 0.2) is 0 Å². The Morgan fingerprint density at radius 3 is 1.17 bits per heavy atom. The predicted octanol–water partition coefficient (Wildman–Crippen LogP) is -3.95. The molecule has 12 heavy (non-hydrogen) atoms. The van der Waals surface area contributed by atoms with E-state index in [1.54, 1.807) is 0 Å². The summed E-state index contributed by atoms with van der Waals surface area (Å²) >= 11 is 0. The summed E-state index contributed by atoms with van der Waals surface area (Å²) in [7, 11) is 0. The van der Waals surface area contributed by atoms with Gasteiger partial charge in [0.25, 0.3) is 0 Å². The minimum atomic E-state index is -2.27. The zero-order chi connectivity index (χ0) is 8.31. The molecule has 0 radical (unpaired) electrons. The van der Waals surface area contributed by atoms with Crippen molar-refractivity contribution >= 4 is 80.7 Å². The van der Waals surface area contributed by atoms with E-state index in [2.05, 4.69) is 0 Å². The summed E-state index contributed by atoms with van der Waals surface area (Å²) < 4.78 is 0. The third kappa shape index (κ3) is 6.53. The second-order valence-corrected chi connectivity index (χ2v) is 1.57. The van der Waals surface area contributed by atoms with Gasteiger partial charge in [0, 0.05) is 0 Å². The first-order valence-corrected chi connectivity index (χ1v) is 2.28. The number of rotatable bonds is 3. The number of carboxylic acids is 2. The van der Waals surface area contributed by atoms with E-state index in [0.717, 1.165) is 0 Å². The fourth-order valence-corrected chi connectivity index (χ4v) is 0.270. The van der Waals surface area contributed by atoms with Gasteiger partial charge in [-0.3, -0.25) is 0 Å². The molecule has 6 nitrogen and oxygen atoms in total. The van der Waals surface area contributed by atoms with Crippen LogP contribution in [0, 0.1) is 0 Å². The van der Waals surface area contributed by atoms with Crippen LogP contribution < -0.4 is 0 Å². The molecule has 0 fully saturated rings. The first kappa shape index (κ1) is 18.7. The standard InChI is InChI=1S/C4H6O6.Al.K.4H/c5-1(3(7)8)2(6)4(9)10;;;;;;/h1-2,5-6H,(H,7,8)(H,9,10);;;;;;. The molecule has 2 unspecified atom stereocenters. The molecule has 0 aromatic rings. The Morgan fingerprint density at radius 1 is 0.917 bits per heavy atom. The van der Waals surface area contributed by atoms with Crippen LogP contribution >= 0.6 is 0 Å². The topological polar surface area (TPSA) is 115 Å². The van der Waals surface area contributed by atoms with Crippen molar-refractivity contribution in [2.75, 3.05) is 0 Å². The first-order valence-electron chi connectivity index (χ1n) is 2.28. The Bertz CT molecular complexity index is 144. The summed E-state index contributed by atoms with van der Waals surface area (Å²) in [6.45, 7) is 0. The van der Waals surface area contributed by atoms with Gasteiger partial charge in [-0.2, -0.15) is 0 Å². The van der Waals surface area contributed by atoms with Crippen LogP contribution in [-0.4, -0.2) is 113 Å². The fourth-order valence-electron chi connectivity index (χ4n) is 0.270. The summed E-state index contributed by atoms with van der Waals surface area (Å²) in [4.78, 5) is 19.5. The van der Waals surface area contributed by atoms with Crippen LogP contribution in [-0.2, 0) is 9.59 Å². The third-order valence-electron chi connectivity index (χ3n) is 0.805. The molecule has 0 aromatic carbocycles. The van der Waals surface area contributed by atoms with Crippen molar-refractivity contribution in [3.63, 3.8) is 0 Å². The quantitative estimate of drug-likeness (QED) is 0.361. The zero-order valence-electron chi connectivity index (χ0n) is 4.76. The van der Waals surface area contributed by atoms with Gasteiger partial charge in [-0.25, -0.2) is 9.59 Å². The van der Waals surface area contributed by atoms with E-state index in [0.29, 0.717) is 0 Å². The SMILES string of the molecule is O=C(O)C(O)C(O)C(=O)O.[AlH3].[KH]. The summed E-state index contributed by atoms with van der Waals surface area (Å²) in [5.74, 6) is -3.54. The predicted molar refractivity (Wildman–Crippen MR) is 44.4 cm³/mol. The second kappa shape index (κ2) is 8.62. The molecule has 0 aliphatic heterocycles. The molecule has 0 saturated heterocycles. The van der Waals surface area contributed by atoms with Crippen molar-refractivity contribution in [3.8, 4) is 0 Å². The van der Waals surface area contributed by atoms with Crippen LogP contribution in [0.3, 0.4) is 0 Å². The molecule has 2 atom stereocenters. The van der Waals surface area contributed by atoms with Crippen molar-refractivity contribution in [2.24, 2.45) is 0 Å². The van der Waals surface area contributed by atoms with Crippen molar-refractivity contribution in [3.05, 3.63) is 0 Å². The molecule has 0 aliphatic rings. The molecule has 0 saturated carbocycles. The number of hydrogen-bond acceptors (Lipinski definition) is 4. The number of aliphatic carboxylic acids is 2. The summed E-state index contributed by atoms with van der Waals surface area (Å²) in [6, 6.07) is 0. The van der Waals surface area contributed by atoms with Crippen LogP contribution in [0.4, 0.5) is 0 Å². The van der Waals surface area contributed by atoms with Gasteiger partial charge in [0.15, 0.2) is 29.6 Å². The number of carbonyl (C=O) groups is 2. The van der Waals surface area contributed by atoms with Gasteiger partial charge in [0.1, 0.15) is 0 Å². The van der Waals surface area contributed by atoms with Crippen LogP contribution in [0.5, 0.6) is 0 Å². The number of aliphatic hydroxyl groups is 2. The van der Waals surface area contributed by atoms with E-state index >= 15 is 0 Å². The third-order valence-corrected chi connectivity index (χ3v) is 0.805. The van der Waals surface area contributed by atoms with Crippen molar-refractivity contribution in [2.45, 2.75) is 12.2 Å². The van der Waals surface area contributed by atoms with Gasteiger partial charge in [-0.15, -0.1) is 0 Å². The van der Waals surface area contributed by atoms with E-state index in [4.69, 9.17) is 20.4 Å². The van der Waals surface area contributed by atoms with Gasteiger partial charge in [-0.05, 0) is 0 Å². The average molecular weight is 220 g/mol. The Kier molecular flexibility index (Phi) is 13.5. The Labute approximate surface area is 121 Å². The average Bonchev–Trinajstić information content (AvgIpc) is 1.84. The van der Waals surface area contributed by atoms with E-state index in [-0.39, 0.29) is 68.7 Å². The van der Waals surface area contributed by atoms with E-state index < -0.39 is 24.1 Å². The molecule has 0 aromatic heterocycles. The molecule has 0 aliphatic carbocycles. The van der Waals surface area contributed by atoms with Crippen molar-refractivity contribution in [1.82, 2.24) is 0 Å². The fraction of sp³-hybridized carbons (Fsp3) is 0.500. The normalized spacial score (nSPS) is 13.2. The van der Waals surface area contributed by atoms with Gasteiger partial charge in [0.05, 0.1) is 0 Å². The van der Waals surface area contributed by atoms with Gasteiger partial charge >= 0.3 is 63.3 Å². The van der Waals surface area contributed by atoms with Crippen LogP contribution in [0.2, 0.25) is 0 Å². The molecule has 66 valence electrons. The molecular formula is C4H10AlKO6. The second-order valence-electron chi connectivity index (χ2n) is 1.57. The van der Waals surface area contributed by atoms with Gasteiger partial charge in [-0.1, -0.05) is 0 Å². The van der Waals surface area contributed by atoms with Gasteiger partial charge in [0.2, 0.25) is 0 Å². The van der Waals surface area contributed by atoms with Crippen molar-refractivity contribution < 1.29 is 30.0 Å². The Morgan fingerprint density at radius 2 is 1.08 bits per heavy atom. The molecule has 0 rings (SSSR count). The summed E-state index contributed by atoms with van der Waals surface area (Å²) in [5.41, 5.74) is 0. The monoisotopic (exact) mass is 220 g/mol. The van der Waals surface area contributed by atoms with Crippen LogP contribution in [0.25, 0.3) is 0 Å². The summed E-state index contributed by atoms with van der Waals surface area (Å²) in [6.07, 6.45) is -4.53. The maximum atomic E-state index is 9.77. The number of carboxylic acid groups (broad SMARTS) is 2. The Hall–Kier alpha value is 1.03. The Balaban J connectivity index is -0.000000405. The van der Waals surface area contributed by atoms with Crippen molar-refractivity contribution in [1.29, 1.82) is 0 Å². The molecule has 4 N–H and O–H groups in total. The zero-order valence-corrected chi connectivity index (χ0v) is 4.76. The van der Waals surface area contributed by atoms with E-state index in [1.807, 2.05) is 0 Å².